The second kappa shape index (κ2) is 6.14. The molecule has 0 spiro atoms. The average molecular weight is 277 g/mol. The molecule has 5 heteroatoms. The molecule has 1 N–H and O–H groups in total. The molecule has 0 saturated carbocycles. The van der Waals surface area contributed by atoms with Gasteiger partial charge >= 0.3 is 0 Å². The molecule has 0 fully saturated rings. The number of methoxy groups -OCH3 is 1. The standard InChI is InChI=1S/C15H13F2NO2/c1-20-14-7-2-10(8-13(14)17)9-18-15(19)11-3-5-12(16)6-4-11/h2-8H,9H2,1H3,(H,18,19). The van der Waals surface area contributed by atoms with E-state index in [1.807, 2.05) is 0 Å². The van der Waals surface area contributed by atoms with Crippen molar-refractivity contribution in [3.63, 3.8) is 0 Å². The normalized spacial score (nSPS) is 10.2. The molecular weight excluding hydrogens is 264 g/mol. The third-order valence-electron chi connectivity index (χ3n) is 2.78. The Morgan fingerprint density at radius 1 is 1.15 bits per heavy atom. The highest BCUT2D eigenvalue weighted by atomic mass is 19.1. The lowest BCUT2D eigenvalue weighted by Gasteiger charge is -2.07. The van der Waals surface area contributed by atoms with E-state index in [1.165, 1.54) is 43.5 Å². The molecule has 0 heterocycles. The zero-order valence-corrected chi connectivity index (χ0v) is 10.8. The monoisotopic (exact) mass is 277 g/mol. The molecular formula is C15H13F2NO2. The van der Waals surface area contributed by atoms with Crippen LogP contribution in [0, 0.1) is 11.6 Å². The highest BCUT2D eigenvalue weighted by Crippen LogP contribution is 2.17. The second-order valence-electron chi connectivity index (χ2n) is 4.16. The molecule has 0 aliphatic heterocycles. The molecule has 1 amide bonds. The third-order valence-corrected chi connectivity index (χ3v) is 2.78. The van der Waals surface area contributed by atoms with Crippen molar-refractivity contribution in [2.24, 2.45) is 0 Å². The third kappa shape index (κ3) is 3.32. The van der Waals surface area contributed by atoms with Gasteiger partial charge in [-0.1, -0.05) is 6.07 Å². The lowest BCUT2D eigenvalue weighted by Crippen LogP contribution is -2.22. The highest BCUT2D eigenvalue weighted by Gasteiger charge is 2.07. The number of ether oxygens (including phenoxy) is 1. The number of amides is 1. The number of carbonyl (C=O) groups excluding carboxylic acids is 1. The maximum Gasteiger partial charge on any atom is 0.251 e. The Morgan fingerprint density at radius 2 is 1.85 bits per heavy atom. The first-order chi connectivity index (χ1) is 9.60. The van der Waals surface area contributed by atoms with Crippen LogP contribution in [0.1, 0.15) is 15.9 Å². The molecule has 2 aromatic rings. The Balaban J connectivity index is 1.99. The van der Waals surface area contributed by atoms with Gasteiger partial charge in [0.1, 0.15) is 5.82 Å². The van der Waals surface area contributed by atoms with Crippen LogP contribution in [0.15, 0.2) is 42.5 Å². The van der Waals surface area contributed by atoms with Crippen LogP contribution in [0.5, 0.6) is 5.75 Å². The molecule has 0 saturated heterocycles. The summed E-state index contributed by atoms with van der Waals surface area (Å²) in [5.41, 5.74) is 0.958. The minimum Gasteiger partial charge on any atom is -0.494 e. The van der Waals surface area contributed by atoms with Gasteiger partial charge in [0.15, 0.2) is 11.6 Å². The number of rotatable bonds is 4. The van der Waals surface area contributed by atoms with Crippen molar-refractivity contribution < 1.29 is 18.3 Å². The van der Waals surface area contributed by atoms with Crippen molar-refractivity contribution in [3.8, 4) is 5.75 Å². The van der Waals surface area contributed by atoms with Gasteiger partial charge in [0.25, 0.3) is 5.91 Å². The summed E-state index contributed by atoms with van der Waals surface area (Å²) in [6, 6.07) is 9.65. The molecule has 3 nitrogen and oxygen atoms in total. The first-order valence-electron chi connectivity index (χ1n) is 5.96. The van der Waals surface area contributed by atoms with Crippen LogP contribution in [0.2, 0.25) is 0 Å². The summed E-state index contributed by atoms with van der Waals surface area (Å²) in [7, 11) is 1.38. The van der Waals surface area contributed by atoms with Gasteiger partial charge in [0.05, 0.1) is 7.11 Å². The maximum atomic E-state index is 13.5. The van der Waals surface area contributed by atoms with E-state index in [0.717, 1.165) is 0 Å². The van der Waals surface area contributed by atoms with Gasteiger partial charge in [0, 0.05) is 12.1 Å². The molecule has 0 radical (unpaired) electrons. The van der Waals surface area contributed by atoms with Crippen LogP contribution in [0.3, 0.4) is 0 Å². The second-order valence-corrected chi connectivity index (χ2v) is 4.16. The average Bonchev–Trinajstić information content (AvgIpc) is 2.45. The summed E-state index contributed by atoms with van der Waals surface area (Å²) < 4.78 is 31.0. The minimum atomic E-state index is -0.485. The van der Waals surface area contributed by atoms with Crippen LogP contribution in [-0.2, 0) is 6.54 Å². The highest BCUT2D eigenvalue weighted by molar-refractivity contribution is 5.94. The molecule has 2 aromatic carbocycles. The molecule has 0 aromatic heterocycles. The summed E-state index contributed by atoms with van der Waals surface area (Å²) in [6.07, 6.45) is 0. The van der Waals surface area contributed by atoms with E-state index in [2.05, 4.69) is 5.32 Å². The zero-order chi connectivity index (χ0) is 14.5. The predicted molar refractivity (Wildman–Crippen MR) is 70.5 cm³/mol. The Hall–Kier alpha value is -2.43. The minimum absolute atomic E-state index is 0.151. The number of halogens is 2. The lowest BCUT2D eigenvalue weighted by molar-refractivity contribution is 0.0951. The van der Waals surface area contributed by atoms with E-state index < -0.39 is 11.6 Å². The first kappa shape index (κ1) is 14.0. The number of hydrogen-bond donors (Lipinski definition) is 1. The van der Waals surface area contributed by atoms with E-state index >= 15 is 0 Å². The van der Waals surface area contributed by atoms with Crippen molar-refractivity contribution in [1.29, 1.82) is 0 Å². The van der Waals surface area contributed by atoms with Crippen LogP contribution in [0.25, 0.3) is 0 Å². The largest absolute Gasteiger partial charge is 0.494 e. The fourth-order valence-electron chi connectivity index (χ4n) is 1.71. The van der Waals surface area contributed by atoms with Crippen LogP contribution >= 0.6 is 0 Å². The Labute approximate surface area is 115 Å². The van der Waals surface area contributed by atoms with E-state index in [9.17, 15) is 13.6 Å². The number of carbonyl (C=O) groups is 1. The molecule has 2 rings (SSSR count). The first-order valence-corrected chi connectivity index (χ1v) is 5.96. The zero-order valence-electron chi connectivity index (χ0n) is 10.8. The SMILES string of the molecule is COc1ccc(CNC(=O)c2ccc(F)cc2)cc1F. The van der Waals surface area contributed by atoms with Crippen molar-refractivity contribution in [2.75, 3.05) is 7.11 Å². The topological polar surface area (TPSA) is 38.3 Å². The predicted octanol–water partition coefficient (Wildman–Crippen LogP) is 2.90. The quantitative estimate of drug-likeness (QED) is 0.933. The van der Waals surface area contributed by atoms with Crippen molar-refractivity contribution in [2.45, 2.75) is 6.54 Å². The Morgan fingerprint density at radius 3 is 2.45 bits per heavy atom. The van der Waals surface area contributed by atoms with E-state index in [0.29, 0.717) is 11.1 Å². The van der Waals surface area contributed by atoms with Crippen molar-refractivity contribution in [1.82, 2.24) is 5.32 Å². The van der Waals surface area contributed by atoms with Gasteiger partial charge in [0.2, 0.25) is 0 Å². The summed E-state index contributed by atoms with van der Waals surface area (Å²) >= 11 is 0. The number of nitrogens with one attached hydrogen (secondary N) is 1. The summed E-state index contributed by atoms with van der Waals surface area (Å²) in [5.74, 6) is -1.08. The fourth-order valence-corrected chi connectivity index (χ4v) is 1.71. The summed E-state index contributed by atoms with van der Waals surface area (Å²) in [4.78, 5) is 11.8. The Kier molecular flexibility index (Phi) is 4.30. The number of hydrogen-bond acceptors (Lipinski definition) is 2. The van der Waals surface area contributed by atoms with E-state index in [1.54, 1.807) is 6.07 Å². The van der Waals surface area contributed by atoms with Crippen molar-refractivity contribution in [3.05, 3.63) is 65.2 Å². The molecule has 20 heavy (non-hydrogen) atoms. The molecule has 0 unspecified atom stereocenters. The van der Waals surface area contributed by atoms with Crippen molar-refractivity contribution >= 4 is 5.91 Å². The molecule has 0 aliphatic rings. The lowest BCUT2D eigenvalue weighted by atomic mass is 10.2. The van der Waals surface area contributed by atoms with Gasteiger partial charge in [-0.2, -0.15) is 0 Å². The van der Waals surface area contributed by atoms with Crippen LogP contribution < -0.4 is 10.1 Å². The van der Waals surface area contributed by atoms with Gasteiger partial charge in [-0.05, 0) is 42.0 Å². The smallest absolute Gasteiger partial charge is 0.251 e. The Bertz CT molecular complexity index is 612. The summed E-state index contributed by atoms with van der Waals surface area (Å²) in [5, 5.41) is 2.63. The van der Waals surface area contributed by atoms with Crippen LogP contribution in [0.4, 0.5) is 8.78 Å². The number of benzene rings is 2. The van der Waals surface area contributed by atoms with E-state index in [-0.39, 0.29) is 18.2 Å². The van der Waals surface area contributed by atoms with Gasteiger partial charge in [-0.25, -0.2) is 8.78 Å². The molecule has 0 atom stereocenters. The molecule has 0 aliphatic carbocycles. The van der Waals surface area contributed by atoms with Gasteiger partial charge in [-0.3, -0.25) is 4.79 Å². The van der Waals surface area contributed by atoms with Gasteiger partial charge in [-0.15, -0.1) is 0 Å². The molecule has 104 valence electrons. The van der Waals surface area contributed by atoms with E-state index in [4.69, 9.17) is 4.74 Å². The van der Waals surface area contributed by atoms with Crippen LogP contribution in [-0.4, -0.2) is 13.0 Å². The molecule has 0 bridgehead atoms. The fraction of sp³-hybridized carbons (Fsp3) is 0.133. The summed E-state index contributed by atoms with van der Waals surface area (Å²) in [6.45, 7) is 0.178. The van der Waals surface area contributed by atoms with Gasteiger partial charge < -0.3 is 10.1 Å². The maximum absolute atomic E-state index is 13.5.